The van der Waals surface area contributed by atoms with E-state index in [0.717, 1.165) is 15.1 Å². The molecule has 19 heavy (non-hydrogen) atoms. The SMILES string of the molecule is C/C(=N/NC(=O)c1ccc(Br)cc1)c1ccc(Cl)s1. The number of nitrogens with zero attached hydrogens (tertiary/aromatic N) is 1. The van der Waals surface area contributed by atoms with Gasteiger partial charge in [-0.25, -0.2) is 5.43 Å². The third-order valence-corrected chi connectivity index (χ3v) is 4.23. The predicted molar refractivity (Wildman–Crippen MR) is 83.1 cm³/mol. The van der Waals surface area contributed by atoms with Crippen molar-refractivity contribution in [2.75, 3.05) is 0 Å². The molecule has 0 radical (unpaired) electrons. The van der Waals surface area contributed by atoms with Crippen LogP contribution in [0, 0.1) is 0 Å². The molecule has 1 amide bonds. The summed E-state index contributed by atoms with van der Waals surface area (Å²) >= 11 is 10.6. The molecular formula is C13H10BrClN2OS. The summed E-state index contributed by atoms with van der Waals surface area (Å²) in [4.78, 5) is 12.8. The van der Waals surface area contributed by atoms with Gasteiger partial charge in [-0.15, -0.1) is 11.3 Å². The van der Waals surface area contributed by atoms with Crippen LogP contribution >= 0.6 is 38.9 Å². The van der Waals surface area contributed by atoms with Crippen LogP contribution in [0.25, 0.3) is 0 Å². The van der Waals surface area contributed by atoms with Crippen molar-refractivity contribution in [2.45, 2.75) is 6.92 Å². The van der Waals surface area contributed by atoms with E-state index in [1.54, 1.807) is 18.2 Å². The molecule has 6 heteroatoms. The first-order valence-electron chi connectivity index (χ1n) is 5.42. The maximum Gasteiger partial charge on any atom is 0.271 e. The summed E-state index contributed by atoms with van der Waals surface area (Å²) < 4.78 is 1.63. The summed E-state index contributed by atoms with van der Waals surface area (Å²) in [6.45, 7) is 1.82. The van der Waals surface area contributed by atoms with Gasteiger partial charge >= 0.3 is 0 Å². The van der Waals surface area contributed by atoms with E-state index in [9.17, 15) is 4.79 Å². The van der Waals surface area contributed by atoms with E-state index >= 15 is 0 Å². The van der Waals surface area contributed by atoms with Gasteiger partial charge in [0.05, 0.1) is 14.9 Å². The van der Waals surface area contributed by atoms with E-state index in [1.165, 1.54) is 11.3 Å². The standard InChI is InChI=1S/C13H10BrClN2OS/c1-8(11-6-7-12(15)19-11)16-17-13(18)9-2-4-10(14)5-3-9/h2-7H,1H3,(H,17,18)/b16-8-. The first-order chi connectivity index (χ1) is 9.06. The van der Waals surface area contributed by atoms with Crippen LogP contribution in [-0.2, 0) is 0 Å². The molecule has 1 N–H and O–H groups in total. The summed E-state index contributed by atoms with van der Waals surface area (Å²) in [5.41, 5.74) is 3.81. The van der Waals surface area contributed by atoms with Gasteiger partial charge in [0.15, 0.2) is 0 Å². The van der Waals surface area contributed by atoms with Crippen LogP contribution in [0.2, 0.25) is 4.34 Å². The molecule has 1 heterocycles. The minimum absolute atomic E-state index is 0.241. The van der Waals surface area contributed by atoms with Crippen molar-refractivity contribution in [2.24, 2.45) is 5.10 Å². The van der Waals surface area contributed by atoms with Crippen molar-refractivity contribution in [1.82, 2.24) is 5.43 Å². The molecule has 0 spiro atoms. The molecule has 2 aromatic rings. The Morgan fingerprint density at radius 1 is 1.26 bits per heavy atom. The van der Waals surface area contributed by atoms with E-state index in [-0.39, 0.29) is 5.91 Å². The molecule has 1 aromatic heterocycles. The lowest BCUT2D eigenvalue weighted by Gasteiger charge is -2.01. The third-order valence-electron chi connectivity index (χ3n) is 2.36. The molecule has 0 unspecified atom stereocenters. The van der Waals surface area contributed by atoms with Gasteiger partial charge in [-0.05, 0) is 43.3 Å². The Kier molecular flexibility index (Phi) is 4.74. The first-order valence-corrected chi connectivity index (χ1v) is 7.41. The van der Waals surface area contributed by atoms with E-state index in [0.29, 0.717) is 9.90 Å². The van der Waals surface area contributed by atoms with Crippen LogP contribution in [0.1, 0.15) is 22.2 Å². The van der Waals surface area contributed by atoms with Gasteiger partial charge in [0.25, 0.3) is 5.91 Å². The minimum atomic E-state index is -0.241. The van der Waals surface area contributed by atoms with Gasteiger partial charge in [0.1, 0.15) is 0 Å². The van der Waals surface area contributed by atoms with Gasteiger partial charge in [-0.2, -0.15) is 5.10 Å². The summed E-state index contributed by atoms with van der Waals surface area (Å²) in [5.74, 6) is -0.241. The number of carbonyl (C=O) groups excluding carboxylic acids is 1. The normalized spacial score (nSPS) is 11.4. The molecule has 0 saturated carbocycles. The number of hydrogen-bond acceptors (Lipinski definition) is 3. The highest BCUT2D eigenvalue weighted by atomic mass is 79.9. The fourth-order valence-electron chi connectivity index (χ4n) is 1.36. The maximum absolute atomic E-state index is 11.8. The van der Waals surface area contributed by atoms with Crippen molar-refractivity contribution >= 4 is 50.5 Å². The Bertz CT molecular complexity index is 622. The lowest BCUT2D eigenvalue weighted by Crippen LogP contribution is -2.18. The Morgan fingerprint density at radius 2 is 1.95 bits per heavy atom. The Balaban J connectivity index is 2.05. The Hall–Kier alpha value is -1.17. The second-order valence-electron chi connectivity index (χ2n) is 3.75. The average Bonchev–Trinajstić information content (AvgIpc) is 2.83. The highest BCUT2D eigenvalue weighted by molar-refractivity contribution is 9.10. The van der Waals surface area contributed by atoms with Gasteiger partial charge in [0, 0.05) is 10.0 Å². The molecule has 2 rings (SSSR count). The summed E-state index contributed by atoms with van der Waals surface area (Å²) in [6.07, 6.45) is 0. The van der Waals surface area contributed by atoms with Gasteiger partial charge in [-0.1, -0.05) is 27.5 Å². The smallest absolute Gasteiger partial charge is 0.267 e. The van der Waals surface area contributed by atoms with Crippen LogP contribution < -0.4 is 5.43 Å². The van der Waals surface area contributed by atoms with Gasteiger partial charge in [0.2, 0.25) is 0 Å². The van der Waals surface area contributed by atoms with Crippen LogP contribution in [0.3, 0.4) is 0 Å². The Morgan fingerprint density at radius 3 is 2.53 bits per heavy atom. The molecule has 0 fully saturated rings. The second-order valence-corrected chi connectivity index (χ2v) is 6.38. The lowest BCUT2D eigenvalue weighted by molar-refractivity contribution is 0.0955. The lowest BCUT2D eigenvalue weighted by atomic mass is 10.2. The quantitative estimate of drug-likeness (QED) is 0.645. The van der Waals surface area contributed by atoms with E-state index in [4.69, 9.17) is 11.6 Å². The zero-order valence-electron chi connectivity index (χ0n) is 9.98. The predicted octanol–water partition coefficient (Wildman–Crippen LogP) is 4.32. The molecule has 3 nitrogen and oxygen atoms in total. The number of thiophene rings is 1. The summed E-state index contributed by atoms with van der Waals surface area (Å²) in [5, 5.41) is 4.06. The monoisotopic (exact) mass is 356 g/mol. The average molecular weight is 358 g/mol. The topological polar surface area (TPSA) is 41.5 Å². The fourth-order valence-corrected chi connectivity index (χ4v) is 2.62. The highest BCUT2D eigenvalue weighted by Crippen LogP contribution is 2.21. The van der Waals surface area contributed by atoms with Gasteiger partial charge < -0.3 is 0 Å². The van der Waals surface area contributed by atoms with Crippen LogP contribution in [0.15, 0.2) is 46.0 Å². The third kappa shape index (κ3) is 3.89. The van der Waals surface area contributed by atoms with E-state index < -0.39 is 0 Å². The van der Waals surface area contributed by atoms with E-state index in [2.05, 4.69) is 26.5 Å². The van der Waals surface area contributed by atoms with Gasteiger partial charge in [-0.3, -0.25) is 4.79 Å². The van der Waals surface area contributed by atoms with Crippen molar-refractivity contribution in [3.8, 4) is 0 Å². The van der Waals surface area contributed by atoms with E-state index in [1.807, 2.05) is 25.1 Å². The van der Waals surface area contributed by atoms with Crippen molar-refractivity contribution in [3.63, 3.8) is 0 Å². The number of rotatable bonds is 3. The molecule has 0 aliphatic carbocycles. The number of hydrogen-bond donors (Lipinski definition) is 1. The van der Waals surface area contributed by atoms with Crippen molar-refractivity contribution in [3.05, 3.63) is 55.6 Å². The molecule has 1 aromatic carbocycles. The number of halogens is 2. The molecule has 0 aliphatic rings. The van der Waals surface area contributed by atoms with Crippen LogP contribution in [0.4, 0.5) is 0 Å². The number of hydrazone groups is 1. The number of benzene rings is 1. The number of carbonyl (C=O) groups is 1. The zero-order chi connectivity index (χ0) is 13.8. The number of amides is 1. The largest absolute Gasteiger partial charge is 0.271 e. The Labute approximate surface area is 128 Å². The van der Waals surface area contributed by atoms with Crippen LogP contribution in [0.5, 0.6) is 0 Å². The molecule has 0 atom stereocenters. The number of nitrogens with one attached hydrogen (secondary N) is 1. The minimum Gasteiger partial charge on any atom is -0.267 e. The van der Waals surface area contributed by atoms with Crippen LogP contribution in [-0.4, -0.2) is 11.6 Å². The highest BCUT2D eigenvalue weighted by Gasteiger charge is 2.05. The molecule has 0 bridgehead atoms. The summed E-state index contributed by atoms with van der Waals surface area (Å²) in [7, 11) is 0. The van der Waals surface area contributed by atoms with Crippen molar-refractivity contribution in [1.29, 1.82) is 0 Å². The second kappa shape index (κ2) is 6.32. The zero-order valence-corrected chi connectivity index (χ0v) is 13.1. The molecule has 0 saturated heterocycles. The van der Waals surface area contributed by atoms with Crippen molar-refractivity contribution < 1.29 is 4.79 Å². The fraction of sp³-hybridized carbons (Fsp3) is 0.0769. The molecular weight excluding hydrogens is 348 g/mol. The first kappa shape index (κ1) is 14.2. The molecule has 98 valence electrons. The molecule has 0 aliphatic heterocycles. The summed E-state index contributed by atoms with van der Waals surface area (Å²) in [6, 6.07) is 10.8. The maximum atomic E-state index is 11.8.